The lowest BCUT2D eigenvalue weighted by Crippen LogP contribution is -2.45. The highest BCUT2D eigenvalue weighted by Crippen LogP contribution is 2.37. The fourth-order valence-corrected chi connectivity index (χ4v) is 5.24. The van der Waals surface area contributed by atoms with Gasteiger partial charge in [-0.2, -0.15) is 5.26 Å². The van der Waals surface area contributed by atoms with Gasteiger partial charge >= 0.3 is 23.9 Å². The Labute approximate surface area is 306 Å². The molecule has 0 fully saturated rings. The third kappa shape index (κ3) is 11.5. The van der Waals surface area contributed by atoms with E-state index in [0.717, 1.165) is 17.7 Å². The van der Waals surface area contributed by atoms with Gasteiger partial charge in [0.1, 0.15) is 11.4 Å². The minimum atomic E-state index is -2.22. The monoisotopic (exact) mass is 728 g/mol. The number of halogens is 1. The Balaban J connectivity index is 0.000000287. The summed E-state index contributed by atoms with van der Waals surface area (Å²) in [4.78, 5) is 49.4. The van der Waals surface area contributed by atoms with Crippen molar-refractivity contribution in [3.05, 3.63) is 141 Å². The zero-order chi connectivity index (χ0) is 39.3. The summed E-state index contributed by atoms with van der Waals surface area (Å²) in [6.07, 6.45) is -3.32. The SMILES string of the molecule is CN(C)CCC[C@](O)(c1ccc(F)cc1)c1ccc(C#N)cc1CO.Cc1ccc(C(=O)OC(C(=O)O)C(OC(=O)c2ccc(C)cc2)C(=O)O)cc1. The molecule has 0 bridgehead atoms. The van der Waals surface area contributed by atoms with E-state index in [-0.39, 0.29) is 23.6 Å². The van der Waals surface area contributed by atoms with Crippen LogP contribution in [0.4, 0.5) is 4.39 Å². The summed E-state index contributed by atoms with van der Waals surface area (Å²) in [6.45, 7) is 4.08. The summed E-state index contributed by atoms with van der Waals surface area (Å²) in [6, 6.07) is 24.7. The van der Waals surface area contributed by atoms with Crippen molar-refractivity contribution in [2.24, 2.45) is 0 Å². The number of rotatable bonds is 14. The standard InChI is InChI=1S/C20H23FN2O2.C20H18O8/c1-23(2)11-3-10-20(25,17-5-7-18(21)8-6-17)19-9-4-15(13-22)12-16(19)14-24;1-11-3-7-13(8-4-11)19(25)27-15(17(21)22)16(18(23)24)28-20(26)14-9-5-12(2)6-10-14/h4-9,12,24-25H,3,10-11,14H2,1-2H3;3-10,15-16H,1-2H3,(H,21,22)(H,23,24)/t20-;/m0./s1. The molecule has 0 heterocycles. The van der Waals surface area contributed by atoms with Crippen molar-refractivity contribution in [2.75, 3.05) is 20.6 Å². The van der Waals surface area contributed by atoms with E-state index in [1.165, 1.54) is 36.4 Å². The Morgan fingerprint density at radius 1 is 0.792 bits per heavy atom. The molecule has 2 unspecified atom stereocenters. The predicted octanol–water partition coefficient (Wildman–Crippen LogP) is 4.99. The first-order chi connectivity index (χ1) is 25.1. The number of nitriles is 1. The summed E-state index contributed by atoms with van der Waals surface area (Å²) in [5.41, 5.74) is 2.44. The van der Waals surface area contributed by atoms with Crippen molar-refractivity contribution in [3.63, 3.8) is 0 Å². The molecule has 3 atom stereocenters. The quantitative estimate of drug-likeness (QED) is 0.127. The van der Waals surface area contributed by atoms with Gasteiger partial charge in [0.15, 0.2) is 0 Å². The molecule has 278 valence electrons. The lowest BCUT2D eigenvalue weighted by Gasteiger charge is -2.32. The van der Waals surface area contributed by atoms with E-state index in [4.69, 9.17) is 14.7 Å². The summed E-state index contributed by atoms with van der Waals surface area (Å²) in [7, 11) is 3.91. The number of carboxylic acid groups (broad SMARTS) is 2. The second-order valence-corrected chi connectivity index (χ2v) is 12.5. The first-order valence-corrected chi connectivity index (χ1v) is 16.4. The van der Waals surface area contributed by atoms with Crippen molar-refractivity contribution in [1.29, 1.82) is 5.26 Å². The average Bonchev–Trinajstić information content (AvgIpc) is 3.13. The number of benzene rings is 4. The van der Waals surface area contributed by atoms with E-state index in [9.17, 15) is 44.0 Å². The van der Waals surface area contributed by atoms with Crippen LogP contribution >= 0.6 is 0 Å². The van der Waals surface area contributed by atoms with Crippen LogP contribution in [0.15, 0.2) is 91.0 Å². The normalized spacial score (nSPS) is 13.0. The fraction of sp³-hybridized carbons (Fsp3) is 0.275. The van der Waals surface area contributed by atoms with E-state index in [0.29, 0.717) is 35.1 Å². The largest absolute Gasteiger partial charge is 0.478 e. The molecule has 0 amide bonds. The molecule has 12 nitrogen and oxygen atoms in total. The predicted molar refractivity (Wildman–Crippen MR) is 190 cm³/mol. The molecule has 4 aromatic carbocycles. The molecule has 0 aliphatic rings. The van der Waals surface area contributed by atoms with Gasteiger partial charge in [-0.15, -0.1) is 0 Å². The summed E-state index contributed by atoms with van der Waals surface area (Å²) < 4.78 is 23.0. The van der Waals surface area contributed by atoms with Crippen LogP contribution in [0.2, 0.25) is 0 Å². The number of carbonyl (C=O) groups is 4. The van der Waals surface area contributed by atoms with Gasteiger partial charge in [0.2, 0.25) is 12.2 Å². The Morgan fingerprint density at radius 3 is 1.66 bits per heavy atom. The van der Waals surface area contributed by atoms with E-state index in [1.54, 1.807) is 68.4 Å². The number of carboxylic acids is 2. The fourth-order valence-electron chi connectivity index (χ4n) is 5.24. The van der Waals surface area contributed by atoms with Crippen LogP contribution in [0.5, 0.6) is 0 Å². The van der Waals surface area contributed by atoms with Crippen molar-refractivity contribution < 1.29 is 53.5 Å². The second-order valence-electron chi connectivity index (χ2n) is 12.5. The van der Waals surface area contributed by atoms with Gasteiger partial charge in [0, 0.05) is 0 Å². The van der Waals surface area contributed by atoms with Crippen molar-refractivity contribution >= 4 is 23.9 Å². The molecule has 0 aromatic heterocycles. The number of aliphatic hydroxyl groups excluding tert-OH is 1. The first-order valence-electron chi connectivity index (χ1n) is 16.4. The minimum absolute atomic E-state index is 0.0332. The third-order valence-electron chi connectivity index (χ3n) is 8.12. The van der Waals surface area contributed by atoms with Gasteiger partial charge in [0.05, 0.1) is 29.4 Å². The van der Waals surface area contributed by atoms with Gasteiger partial charge in [-0.1, -0.05) is 53.6 Å². The van der Waals surface area contributed by atoms with Crippen LogP contribution in [0.3, 0.4) is 0 Å². The Kier molecular flexibility index (Phi) is 14.9. The van der Waals surface area contributed by atoms with Crippen LogP contribution in [0.25, 0.3) is 0 Å². The van der Waals surface area contributed by atoms with Crippen LogP contribution < -0.4 is 0 Å². The highest BCUT2D eigenvalue weighted by atomic mass is 19.1. The average molecular weight is 729 g/mol. The maximum absolute atomic E-state index is 13.3. The topological polar surface area (TPSA) is 195 Å². The number of carbonyl (C=O) groups excluding carboxylic acids is 2. The van der Waals surface area contributed by atoms with Gasteiger partial charge in [-0.3, -0.25) is 0 Å². The highest BCUT2D eigenvalue weighted by molar-refractivity contribution is 5.95. The van der Waals surface area contributed by atoms with Gasteiger partial charge < -0.3 is 34.8 Å². The first kappa shape index (κ1) is 41.5. The number of aryl methyl sites for hydroxylation is 2. The molecule has 13 heteroatoms. The molecule has 4 aromatic rings. The van der Waals surface area contributed by atoms with E-state index in [2.05, 4.69) is 0 Å². The zero-order valence-corrected chi connectivity index (χ0v) is 29.7. The Bertz CT molecular complexity index is 1850. The molecule has 4 N–H and O–H groups in total. The van der Waals surface area contributed by atoms with E-state index in [1.807, 2.05) is 25.1 Å². The van der Waals surface area contributed by atoms with Crippen LogP contribution in [0, 0.1) is 31.0 Å². The van der Waals surface area contributed by atoms with Gasteiger partial charge in [-0.05, 0) is 113 Å². The number of nitrogens with zero attached hydrogens (tertiary/aromatic N) is 2. The molecular formula is C40H41FN2O10. The third-order valence-corrected chi connectivity index (χ3v) is 8.12. The lowest BCUT2D eigenvalue weighted by molar-refractivity contribution is -0.166. The molecule has 0 radical (unpaired) electrons. The maximum Gasteiger partial charge on any atom is 0.349 e. The van der Waals surface area contributed by atoms with Crippen molar-refractivity contribution in [3.8, 4) is 6.07 Å². The number of hydrogen-bond donors (Lipinski definition) is 4. The van der Waals surface area contributed by atoms with Gasteiger partial charge in [0.25, 0.3) is 0 Å². The number of esters is 2. The maximum atomic E-state index is 13.3. The second kappa shape index (κ2) is 19.1. The van der Waals surface area contributed by atoms with Crippen LogP contribution in [0.1, 0.15) is 66.9 Å². The highest BCUT2D eigenvalue weighted by Gasteiger charge is 2.41. The lowest BCUT2D eigenvalue weighted by atomic mass is 9.80. The molecule has 0 saturated heterocycles. The van der Waals surface area contributed by atoms with E-state index < -0.39 is 41.7 Å². The summed E-state index contributed by atoms with van der Waals surface area (Å²) >= 11 is 0. The van der Waals surface area contributed by atoms with Crippen molar-refractivity contribution in [1.82, 2.24) is 4.90 Å². The Hall–Kier alpha value is -5.94. The molecule has 53 heavy (non-hydrogen) atoms. The van der Waals surface area contributed by atoms with Crippen LogP contribution in [-0.4, -0.2) is 82.1 Å². The molecule has 0 saturated carbocycles. The smallest absolute Gasteiger partial charge is 0.349 e. The molecular weight excluding hydrogens is 687 g/mol. The number of aliphatic hydroxyl groups is 2. The molecule has 4 rings (SSSR count). The number of aliphatic carboxylic acids is 2. The molecule has 0 aliphatic carbocycles. The molecule has 0 aliphatic heterocycles. The van der Waals surface area contributed by atoms with Gasteiger partial charge in [-0.25, -0.2) is 23.6 Å². The Morgan fingerprint density at radius 2 is 1.26 bits per heavy atom. The summed E-state index contributed by atoms with van der Waals surface area (Å²) in [5.74, 6) is -5.99. The minimum Gasteiger partial charge on any atom is -0.478 e. The zero-order valence-electron chi connectivity index (χ0n) is 29.7. The summed E-state index contributed by atoms with van der Waals surface area (Å²) in [5, 5.41) is 48.9. The molecule has 0 spiro atoms. The van der Waals surface area contributed by atoms with Crippen LogP contribution in [-0.2, 0) is 31.3 Å². The van der Waals surface area contributed by atoms with E-state index >= 15 is 0 Å². The number of ether oxygens (including phenoxy) is 2. The number of hydrogen-bond acceptors (Lipinski definition) is 10. The van der Waals surface area contributed by atoms with Crippen molar-refractivity contribution in [2.45, 2.75) is 51.1 Å².